The minimum absolute atomic E-state index is 0. The molecule has 24 heavy (non-hydrogen) atoms. The first-order valence-electron chi connectivity index (χ1n) is 8.07. The van der Waals surface area contributed by atoms with Crippen molar-refractivity contribution in [3.63, 3.8) is 0 Å². The lowest BCUT2D eigenvalue weighted by Crippen LogP contribution is -2.44. The molecule has 1 atom stereocenters. The number of benzene rings is 1. The molecule has 1 aliphatic heterocycles. The summed E-state index contributed by atoms with van der Waals surface area (Å²) in [5, 5.41) is 7.48. The molecule has 1 saturated heterocycles. The first-order valence-corrected chi connectivity index (χ1v) is 8.07. The molecule has 1 N–H and O–H groups in total. The highest BCUT2D eigenvalue weighted by Crippen LogP contribution is 2.20. The van der Waals surface area contributed by atoms with Crippen molar-refractivity contribution < 1.29 is 9.26 Å². The third-order valence-electron chi connectivity index (χ3n) is 4.20. The highest BCUT2D eigenvalue weighted by Gasteiger charge is 2.25. The van der Waals surface area contributed by atoms with Crippen LogP contribution >= 0.6 is 12.4 Å². The van der Waals surface area contributed by atoms with Crippen LogP contribution in [0.25, 0.3) is 0 Å². The van der Waals surface area contributed by atoms with Crippen LogP contribution in [-0.2, 0) is 6.42 Å². The average Bonchev–Trinajstić information content (AvgIpc) is 2.98. The van der Waals surface area contributed by atoms with E-state index in [1.54, 1.807) is 0 Å². The van der Waals surface area contributed by atoms with Gasteiger partial charge in [0.15, 0.2) is 5.82 Å². The zero-order valence-corrected chi connectivity index (χ0v) is 15.2. The molecule has 1 unspecified atom stereocenters. The van der Waals surface area contributed by atoms with Gasteiger partial charge in [0.05, 0.1) is 19.1 Å². The summed E-state index contributed by atoms with van der Waals surface area (Å²) in [5.41, 5.74) is 2.38. The quantitative estimate of drug-likeness (QED) is 0.890. The first kappa shape index (κ1) is 18.7. The third-order valence-corrected chi connectivity index (χ3v) is 4.20. The molecule has 3 rings (SSSR count). The summed E-state index contributed by atoms with van der Waals surface area (Å²) in [4.78, 5) is 6.76. The number of nitrogens with zero attached hydrogens (tertiary/aromatic N) is 3. The Kier molecular flexibility index (Phi) is 6.60. The Hall–Kier alpha value is -1.63. The molecular weight excluding hydrogens is 328 g/mol. The van der Waals surface area contributed by atoms with Crippen molar-refractivity contribution in [3.8, 4) is 5.75 Å². The summed E-state index contributed by atoms with van der Waals surface area (Å²) in [6.45, 7) is 7.51. The molecule has 0 spiro atoms. The number of rotatable bonds is 5. The largest absolute Gasteiger partial charge is 0.493 e. The molecule has 1 aromatic carbocycles. The topological polar surface area (TPSA) is 63.4 Å². The lowest BCUT2D eigenvalue weighted by atomic mass is 10.1. The van der Waals surface area contributed by atoms with Crippen LogP contribution in [0.15, 0.2) is 22.7 Å². The first-order chi connectivity index (χ1) is 11.1. The van der Waals surface area contributed by atoms with Gasteiger partial charge in [-0.2, -0.15) is 4.98 Å². The van der Waals surface area contributed by atoms with Crippen LogP contribution in [0.2, 0.25) is 0 Å². The van der Waals surface area contributed by atoms with Crippen molar-refractivity contribution >= 4 is 12.4 Å². The van der Waals surface area contributed by atoms with Gasteiger partial charge >= 0.3 is 0 Å². The van der Waals surface area contributed by atoms with Crippen molar-refractivity contribution in [2.45, 2.75) is 26.3 Å². The molecule has 0 radical (unpaired) electrons. The van der Waals surface area contributed by atoms with Crippen LogP contribution in [0.5, 0.6) is 5.75 Å². The zero-order valence-electron chi connectivity index (χ0n) is 14.4. The van der Waals surface area contributed by atoms with Gasteiger partial charge in [-0.15, -0.1) is 12.4 Å². The average molecular weight is 353 g/mol. The minimum atomic E-state index is 0. The molecule has 2 heterocycles. The van der Waals surface area contributed by atoms with Gasteiger partial charge in [-0.25, -0.2) is 0 Å². The number of hydrogen-bond donors (Lipinski definition) is 1. The third kappa shape index (κ3) is 4.47. The number of piperazine rings is 1. The van der Waals surface area contributed by atoms with Crippen molar-refractivity contribution in [2.75, 3.05) is 33.3 Å². The highest BCUT2D eigenvalue weighted by molar-refractivity contribution is 5.85. The van der Waals surface area contributed by atoms with Crippen molar-refractivity contribution in [1.82, 2.24) is 20.4 Å². The van der Waals surface area contributed by atoms with E-state index in [1.807, 2.05) is 6.07 Å². The second-order valence-electron chi connectivity index (χ2n) is 6.11. The summed E-state index contributed by atoms with van der Waals surface area (Å²) < 4.78 is 11.2. The van der Waals surface area contributed by atoms with Crippen molar-refractivity contribution in [1.29, 1.82) is 0 Å². The number of aromatic nitrogens is 2. The fourth-order valence-electron chi connectivity index (χ4n) is 2.81. The molecule has 0 bridgehead atoms. The number of aryl methyl sites for hydroxylation is 2. The number of ether oxygens (including phenoxy) is 1. The predicted octanol–water partition coefficient (Wildman–Crippen LogP) is 2.31. The van der Waals surface area contributed by atoms with E-state index in [0.717, 1.165) is 36.8 Å². The molecule has 0 amide bonds. The normalized spacial score (nSPS) is 18.2. The molecule has 1 aliphatic rings. The van der Waals surface area contributed by atoms with E-state index in [2.05, 4.69) is 53.4 Å². The Labute approximate surface area is 149 Å². The monoisotopic (exact) mass is 352 g/mol. The van der Waals surface area contributed by atoms with Gasteiger partial charge in [-0.1, -0.05) is 22.9 Å². The van der Waals surface area contributed by atoms with Gasteiger partial charge in [0.25, 0.3) is 0 Å². The Morgan fingerprint density at radius 1 is 1.38 bits per heavy atom. The highest BCUT2D eigenvalue weighted by atomic mass is 35.5. The van der Waals surface area contributed by atoms with Gasteiger partial charge in [0.2, 0.25) is 5.89 Å². The van der Waals surface area contributed by atoms with Gasteiger partial charge in [0.1, 0.15) is 5.75 Å². The molecule has 1 aromatic heterocycles. The Bertz CT molecular complexity index is 662. The van der Waals surface area contributed by atoms with Gasteiger partial charge in [0, 0.05) is 19.6 Å². The number of likely N-dealkylation sites (N-methyl/N-ethyl adjacent to an activating group) is 1. The van der Waals surface area contributed by atoms with Crippen LogP contribution in [0, 0.1) is 13.8 Å². The van der Waals surface area contributed by atoms with Crippen LogP contribution in [0.4, 0.5) is 0 Å². The molecule has 7 heteroatoms. The van der Waals surface area contributed by atoms with Crippen LogP contribution in [-0.4, -0.2) is 48.3 Å². The molecule has 132 valence electrons. The van der Waals surface area contributed by atoms with E-state index in [-0.39, 0.29) is 18.4 Å². The molecular formula is C17H25ClN4O2. The molecule has 6 nitrogen and oxygen atoms in total. The van der Waals surface area contributed by atoms with E-state index >= 15 is 0 Å². The second-order valence-corrected chi connectivity index (χ2v) is 6.11. The summed E-state index contributed by atoms with van der Waals surface area (Å²) >= 11 is 0. The van der Waals surface area contributed by atoms with Gasteiger partial charge in [-0.05, 0) is 32.5 Å². The SMILES string of the molecule is Cc1ccc(OCCc2nc(C3CNCCN3C)no2)c(C)c1.Cl. The van der Waals surface area contributed by atoms with Crippen molar-refractivity contribution in [3.05, 3.63) is 41.0 Å². The predicted molar refractivity (Wildman–Crippen MR) is 94.9 cm³/mol. The van der Waals surface area contributed by atoms with Crippen molar-refractivity contribution in [2.24, 2.45) is 0 Å². The summed E-state index contributed by atoms with van der Waals surface area (Å²) in [5.74, 6) is 2.29. The molecule has 0 saturated carbocycles. The number of hydrogen-bond acceptors (Lipinski definition) is 6. The van der Waals surface area contributed by atoms with E-state index in [0.29, 0.717) is 18.9 Å². The van der Waals surface area contributed by atoms with Gasteiger partial charge in [-0.3, -0.25) is 4.90 Å². The molecule has 1 fully saturated rings. The standard InChI is InChI=1S/C17H24N4O2.ClH/c1-12-4-5-15(13(2)10-12)22-9-6-16-19-17(20-23-16)14-11-18-7-8-21(14)3;/h4-5,10,14,18H,6-9,11H2,1-3H3;1H. The lowest BCUT2D eigenvalue weighted by molar-refractivity contribution is 0.190. The number of nitrogens with one attached hydrogen (secondary N) is 1. The number of halogens is 1. The maximum atomic E-state index is 5.82. The summed E-state index contributed by atoms with van der Waals surface area (Å²) in [7, 11) is 2.09. The van der Waals surface area contributed by atoms with Crippen LogP contribution < -0.4 is 10.1 Å². The lowest BCUT2D eigenvalue weighted by Gasteiger charge is -2.30. The van der Waals surface area contributed by atoms with E-state index in [9.17, 15) is 0 Å². The fraction of sp³-hybridized carbons (Fsp3) is 0.529. The molecule has 2 aromatic rings. The van der Waals surface area contributed by atoms with E-state index in [4.69, 9.17) is 9.26 Å². The second kappa shape index (κ2) is 8.46. The smallest absolute Gasteiger partial charge is 0.230 e. The zero-order chi connectivity index (χ0) is 16.2. The fourth-order valence-corrected chi connectivity index (χ4v) is 2.81. The maximum absolute atomic E-state index is 5.82. The van der Waals surface area contributed by atoms with E-state index in [1.165, 1.54) is 5.56 Å². The Morgan fingerprint density at radius 2 is 2.21 bits per heavy atom. The summed E-state index contributed by atoms with van der Waals surface area (Å²) in [6.07, 6.45) is 0.615. The van der Waals surface area contributed by atoms with Gasteiger partial charge < -0.3 is 14.6 Å². The Morgan fingerprint density at radius 3 is 2.96 bits per heavy atom. The van der Waals surface area contributed by atoms with E-state index < -0.39 is 0 Å². The summed E-state index contributed by atoms with van der Waals surface area (Å²) in [6, 6.07) is 6.36. The molecule has 0 aliphatic carbocycles. The van der Waals surface area contributed by atoms with Crippen LogP contribution in [0.3, 0.4) is 0 Å². The Balaban J connectivity index is 0.00000208. The maximum Gasteiger partial charge on any atom is 0.230 e. The minimum Gasteiger partial charge on any atom is -0.493 e. The van der Waals surface area contributed by atoms with Crippen LogP contribution in [0.1, 0.15) is 28.9 Å².